The lowest BCUT2D eigenvalue weighted by molar-refractivity contribution is -0.132. The Hall–Kier alpha value is -3.66. The van der Waals surface area contributed by atoms with Crippen LogP contribution in [0.4, 0.5) is 10.1 Å². The number of aromatic nitrogens is 4. The highest BCUT2D eigenvalue weighted by atomic mass is 32.2. The molecule has 1 aliphatic rings. The highest BCUT2D eigenvalue weighted by Gasteiger charge is 2.23. The van der Waals surface area contributed by atoms with Crippen molar-refractivity contribution < 1.29 is 9.18 Å². The zero-order chi connectivity index (χ0) is 22.8. The number of carbonyl (C=O) groups is 1. The summed E-state index contributed by atoms with van der Waals surface area (Å²) in [6.45, 7) is 2.18. The molecule has 168 valence electrons. The van der Waals surface area contributed by atoms with Gasteiger partial charge < -0.3 is 9.80 Å². The van der Waals surface area contributed by atoms with E-state index in [-0.39, 0.29) is 18.3 Å². The standard InChI is InChI=1S/C23H21FN6O2S/c24-17-6-8-18(9-7-17)27-12-14-28(15-13-27)22(31)16-29-23(32)30-20(25-29)10-11-21(26-30)33-19-4-2-1-3-5-19/h1-11H,12-16H2. The summed E-state index contributed by atoms with van der Waals surface area (Å²) in [5, 5.41) is 9.32. The van der Waals surface area contributed by atoms with Gasteiger partial charge in [0.05, 0.1) is 0 Å². The van der Waals surface area contributed by atoms with Gasteiger partial charge in [-0.25, -0.2) is 13.9 Å². The molecule has 0 spiro atoms. The van der Waals surface area contributed by atoms with Crippen LogP contribution >= 0.6 is 11.8 Å². The molecule has 5 rings (SSSR count). The third-order valence-electron chi connectivity index (χ3n) is 5.49. The van der Waals surface area contributed by atoms with E-state index in [2.05, 4.69) is 15.1 Å². The van der Waals surface area contributed by atoms with Crippen molar-refractivity contribution in [3.8, 4) is 0 Å². The van der Waals surface area contributed by atoms with Gasteiger partial charge in [0.15, 0.2) is 5.65 Å². The fourth-order valence-electron chi connectivity index (χ4n) is 3.75. The maximum absolute atomic E-state index is 13.1. The van der Waals surface area contributed by atoms with Gasteiger partial charge in [0.2, 0.25) is 5.91 Å². The van der Waals surface area contributed by atoms with Gasteiger partial charge in [0.1, 0.15) is 17.4 Å². The van der Waals surface area contributed by atoms with Crippen LogP contribution in [0, 0.1) is 5.82 Å². The number of carbonyl (C=O) groups excluding carboxylic acids is 1. The second-order valence-corrected chi connectivity index (χ2v) is 8.73. The van der Waals surface area contributed by atoms with Gasteiger partial charge in [-0.1, -0.05) is 30.0 Å². The Morgan fingerprint density at radius 1 is 0.909 bits per heavy atom. The maximum Gasteiger partial charge on any atom is 0.367 e. The highest BCUT2D eigenvalue weighted by Crippen LogP contribution is 2.25. The predicted octanol–water partition coefficient (Wildman–Crippen LogP) is 2.53. The first-order valence-corrected chi connectivity index (χ1v) is 11.4. The molecule has 8 nitrogen and oxygen atoms in total. The summed E-state index contributed by atoms with van der Waals surface area (Å²) in [5.41, 5.74) is 0.875. The maximum atomic E-state index is 13.1. The first-order chi connectivity index (χ1) is 16.1. The molecule has 2 aromatic carbocycles. The summed E-state index contributed by atoms with van der Waals surface area (Å²) in [6, 6.07) is 19.6. The summed E-state index contributed by atoms with van der Waals surface area (Å²) in [4.78, 5) is 30.5. The Morgan fingerprint density at radius 3 is 2.36 bits per heavy atom. The summed E-state index contributed by atoms with van der Waals surface area (Å²) in [7, 11) is 0. The smallest absolute Gasteiger partial charge is 0.367 e. The molecular weight excluding hydrogens is 443 g/mol. The summed E-state index contributed by atoms with van der Waals surface area (Å²) < 4.78 is 15.5. The third-order valence-corrected chi connectivity index (χ3v) is 6.43. The van der Waals surface area contributed by atoms with Crippen molar-refractivity contribution in [1.82, 2.24) is 24.3 Å². The Morgan fingerprint density at radius 2 is 1.64 bits per heavy atom. The molecule has 0 unspecified atom stereocenters. The van der Waals surface area contributed by atoms with Crippen molar-refractivity contribution in [2.24, 2.45) is 0 Å². The number of hydrogen-bond donors (Lipinski definition) is 0. The molecule has 0 saturated carbocycles. The van der Waals surface area contributed by atoms with Crippen LogP contribution in [0.5, 0.6) is 0 Å². The number of halogens is 1. The molecule has 10 heteroatoms. The lowest BCUT2D eigenvalue weighted by atomic mass is 10.2. The van der Waals surface area contributed by atoms with Crippen LogP contribution in [-0.4, -0.2) is 56.4 Å². The van der Waals surface area contributed by atoms with E-state index in [4.69, 9.17) is 0 Å². The molecule has 0 N–H and O–H groups in total. The van der Waals surface area contributed by atoms with Crippen molar-refractivity contribution in [2.45, 2.75) is 16.5 Å². The van der Waals surface area contributed by atoms with E-state index in [0.29, 0.717) is 36.9 Å². The minimum absolute atomic E-state index is 0.139. The van der Waals surface area contributed by atoms with E-state index in [9.17, 15) is 14.0 Å². The van der Waals surface area contributed by atoms with E-state index in [0.717, 1.165) is 15.3 Å². The molecular formula is C23H21FN6O2S. The average molecular weight is 465 g/mol. The van der Waals surface area contributed by atoms with Gasteiger partial charge in [0, 0.05) is 36.8 Å². The van der Waals surface area contributed by atoms with Crippen LogP contribution in [0.2, 0.25) is 0 Å². The topological polar surface area (TPSA) is 75.7 Å². The number of nitrogens with zero attached hydrogens (tertiary/aromatic N) is 6. The van der Waals surface area contributed by atoms with Gasteiger partial charge in [0.25, 0.3) is 0 Å². The number of amides is 1. The minimum Gasteiger partial charge on any atom is -0.368 e. The predicted molar refractivity (Wildman–Crippen MR) is 123 cm³/mol. The summed E-state index contributed by atoms with van der Waals surface area (Å²) in [6.07, 6.45) is 0. The van der Waals surface area contributed by atoms with Crippen LogP contribution < -0.4 is 10.6 Å². The number of benzene rings is 2. The summed E-state index contributed by atoms with van der Waals surface area (Å²) >= 11 is 1.45. The van der Waals surface area contributed by atoms with Crippen molar-refractivity contribution in [3.63, 3.8) is 0 Å². The minimum atomic E-state index is -0.446. The Balaban J connectivity index is 1.25. The second-order valence-electron chi connectivity index (χ2n) is 7.64. The first-order valence-electron chi connectivity index (χ1n) is 10.5. The van der Waals surface area contributed by atoms with Gasteiger partial charge >= 0.3 is 5.69 Å². The Bertz CT molecular complexity index is 1330. The van der Waals surface area contributed by atoms with E-state index in [1.807, 2.05) is 30.3 Å². The third kappa shape index (κ3) is 4.61. The molecule has 0 bridgehead atoms. The van der Waals surface area contributed by atoms with Crippen LogP contribution in [0.1, 0.15) is 0 Å². The van der Waals surface area contributed by atoms with Crippen LogP contribution in [0.25, 0.3) is 5.65 Å². The van der Waals surface area contributed by atoms with Gasteiger partial charge in [-0.15, -0.1) is 5.10 Å². The van der Waals surface area contributed by atoms with Gasteiger partial charge in [-0.3, -0.25) is 4.79 Å². The number of rotatable bonds is 5. The molecule has 1 fully saturated rings. The molecule has 0 radical (unpaired) electrons. The molecule has 4 aromatic rings. The molecule has 1 amide bonds. The molecule has 0 aliphatic carbocycles. The van der Waals surface area contributed by atoms with Crippen LogP contribution in [0.3, 0.4) is 0 Å². The number of piperazine rings is 1. The van der Waals surface area contributed by atoms with E-state index >= 15 is 0 Å². The molecule has 3 heterocycles. The SMILES string of the molecule is O=C(Cn1nc2ccc(Sc3ccccc3)nn2c1=O)N1CCN(c2ccc(F)cc2)CC1. The number of hydrogen-bond acceptors (Lipinski definition) is 6. The van der Waals surface area contributed by atoms with E-state index in [1.54, 1.807) is 29.2 Å². The lowest BCUT2D eigenvalue weighted by Gasteiger charge is -2.36. The normalized spacial score (nSPS) is 14.1. The van der Waals surface area contributed by atoms with Crippen molar-refractivity contribution >= 4 is 29.0 Å². The monoisotopic (exact) mass is 464 g/mol. The number of anilines is 1. The second kappa shape index (κ2) is 9.07. The van der Waals surface area contributed by atoms with Crippen LogP contribution in [0.15, 0.2) is 81.4 Å². The van der Waals surface area contributed by atoms with Crippen molar-refractivity contribution in [2.75, 3.05) is 31.1 Å². The van der Waals surface area contributed by atoms with E-state index in [1.165, 1.54) is 28.4 Å². The highest BCUT2D eigenvalue weighted by molar-refractivity contribution is 7.99. The Kier molecular flexibility index (Phi) is 5.82. The zero-order valence-corrected chi connectivity index (χ0v) is 18.5. The molecule has 33 heavy (non-hydrogen) atoms. The molecule has 2 aromatic heterocycles. The molecule has 1 aliphatic heterocycles. The fourth-order valence-corrected chi connectivity index (χ4v) is 4.55. The largest absolute Gasteiger partial charge is 0.368 e. The quantitative estimate of drug-likeness (QED) is 0.452. The van der Waals surface area contributed by atoms with Gasteiger partial charge in [-0.2, -0.15) is 9.61 Å². The fraction of sp³-hybridized carbons (Fsp3) is 0.217. The zero-order valence-electron chi connectivity index (χ0n) is 17.7. The number of fused-ring (bicyclic) bond motifs is 1. The Labute approximate surface area is 193 Å². The van der Waals surface area contributed by atoms with E-state index < -0.39 is 5.69 Å². The lowest BCUT2D eigenvalue weighted by Crippen LogP contribution is -2.50. The molecule has 1 saturated heterocycles. The summed E-state index contributed by atoms with van der Waals surface area (Å²) in [5.74, 6) is -0.441. The average Bonchev–Trinajstić information content (AvgIpc) is 3.15. The van der Waals surface area contributed by atoms with Gasteiger partial charge in [-0.05, 0) is 48.5 Å². The van der Waals surface area contributed by atoms with Crippen molar-refractivity contribution in [1.29, 1.82) is 0 Å². The molecule has 0 atom stereocenters. The van der Waals surface area contributed by atoms with Crippen molar-refractivity contribution in [3.05, 3.63) is 83.0 Å². The van der Waals surface area contributed by atoms with Crippen LogP contribution in [-0.2, 0) is 11.3 Å². The first kappa shape index (κ1) is 21.2.